The van der Waals surface area contributed by atoms with Gasteiger partial charge in [-0.25, -0.2) is 9.98 Å². The first-order chi connectivity index (χ1) is 10.6. The van der Waals surface area contributed by atoms with Gasteiger partial charge in [0, 0.05) is 17.3 Å². The largest absolute Gasteiger partial charge is 0.368 e. The van der Waals surface area contributed by atoms with E-state index >= 15 is 0 Å². The molecule has 0 saturated heterocycles. The highest BCUT2D eigenvalue weighted by molar-refractivity contribution is 5.44. The van der Waals surface area contributed by atoms with E-state index in [-0.39, 0.29) is 11.9 Å². The van der Waals surface area contributed by atoms with Crippen molar-refractivity contribution in [3.8, 4) is 0 Å². The molecule has 3 rings (SSSR count). The highest BCUT2D eigenvalue weighted by Gasteiger charge is 2.35. The Labute approximate surface area is 129 Å². The number of hydrogen-bond donors (Lipinski definition) is 2. The first-order valence-electron chi connectivity index (χ1n) is 7.66. The molecular formula is C17H21N5. The fourth-order valence-corrected chi connectivity index (χ4v) is 2.91. The molecule has 1 aliphatic heterocycles. The van der Waals surface area contributed by atoms with Crippen molar-refractivity contribution in [2.75, 3.05) is 5.73 Å². The van der Waals surface area contributed by atoms with Crippen LogP contribution >= 0.6 is 0 Å². The number of anilines is 1. The predicted molar refractivity (Wildman–Crippen MR) is 87.3 cm³/mol. The topological polar surface area (TPSA) is 90.2 Å². The summed E-state index contributed by atoms with van der Waals surface area (Å²) >= 11 is 0. The number of aromatic nitrogens is 2. The molecule has 1 aliphatic rings. The van der Waals surface area contributed by atoms with Gasteiger partial charge in [0.2, 0.25) is 5.95 Å². The van der Waals surface area contributed by atoms with Gasteiger partial charge in [0.25, 0.3) is 0 Å². The zero-order valence-electron chi connectivity index (χ0n) is 12.7. The number of rotatable bonds is 4. The molecule has 0 aliphatic carbocycles. The van der Waals surface area contributed by atoms with Crippen LogP contribution in [0.15, 0.2) is 41.5 Å². The van der Waals surface area contributed by atoms with Gasteiger partial charge >= 0.3 is 0 Å². The average Bonchev–Trinajstić information content (AvgIpc) is 2.53. The Morgan fingerprint density at radius 3 is 2.73 bits per heavy atom. The summed E-state index contributed by atoms with van der Waals surface area (Å²) in [7, 11) is 0. The number of fused-ring (bicyclic) bond motifs is 1. The van der Waals surface area contributed by atoms with E-state index in [0.717, 1.165) is 30.0 Å². The molecule has 2 unspecified atom stereocenters. The normalized spacial score (nSPS) is 23.3. The van der Waals surface area contributed by atoms with E-state index in [2.05, 4.69) is 35.1 Å². The monoisotopic (exact) mass is 295 g/mol. The summed E-state index contributed by atoms with van der Waals surface area (Å²) < 4.78 is 0. The molecule has 4 N–H and O–H groups in total. The third-order valence-corrected chi connectivity index (χ3v) is 4.10. The molecule has 5 heteroatoms. The van der Waals surface area contributed by atoms with Gasteiger partial charge in [-0.3, -0.25) is 0 Å². The highest BCUT2D eigenvalue weighted by Crippen LogP contribution is 2.33. The summed E-state index contributed by atoms with van der Waals surface area (Å²) in [5, 5.41) is 0.889. The van der Waals surface area contributed by atoms with Gasteiger partial charge in [0.15, 0.2) is 5.49 Å². The lowest BCUT2D eigenvalue weighted by atomic mass is 9.82. The third-order valence-electron chi connectivity index (χ3n) is 4.10. The Kier molecular flexibility index (Phi) is 3.90. The average molecular weight is 295 g/mol. The van der Waals surface area contributed by atoms with E-state index in [0.29, 0.717) is 5.49 Å². The molecule has 0 spiro atoms. The maximum Gasteiger partial charge on any atom is 0.222 e. The van der Waals surface area contributed by atoms with Gasteiger partial charge in [0.1, 0.15) is 5.66 Å². The van der Waals surface area contributed by atoms with Crippen LogP contribution < -0.4 is 22.2 Å². The van der Waals surface area contributed by atoms with E-state index in [4.69, 9.17) is 16.5 Å². The summed E-state index contributed by atoms with van der Waals surface area (Å²) in [4.78, 5) is 13.0. The molecular weight excluding hydrogens is 274 g/mol. The molecule has 0 bridgehead atoms. The second-order valence-electron chi connectivity index (χ2n) is 5.77. The molecule has 0 fully saturated rings. The zero-order chi connectivity index (χ0) is 15.6. The molecule has 0 amide bonds. The Morgan fingerprint density at radius 2 is 2.00 bits per heavy atom. The van der Waals surface area contributed by atoms with E-state index in [1.54, 1.807) is 6.20 Å². The second-order valence-corrected chi connectivity index (χ2v) is 5.77. The van der Waals surface area contributed by atoms with Gasteiger partial charge in [-0.05, 0) is 18.4 Å². The van der Waals surface area contributed by atoms with Crippen molar-refractivity contribution in [2.24, 2.45) is 10.7 Å². The minimum Gasteiger partial charge on any atom is -0.368 e. The van der Waals surface area contributed by atoms with Gasteiger partial charge < -0.3 is 11.5 Å². The minimum atomic E-state index is -0.689. The van der Waals surface area contributed by atoms with Crippen LogP contribution in [0.4, 0.5) is 5.95 Å². The van der Waals surface area contributed by atoms with Crippen LogP contribution in [0.2, 0.25) is 0 Å². The molecule has 1 aromatic heterocycles. The summed E-state index contributed by atoms with van der Waals surface area (Å²) in [6, 6.07) is 10.2. The van der Waals surface area contributed by atoms with Crippen LogP contribution in [0.3, 0.4) is 0 Å². The molecule has 5 nitrogen and oxygen atoms in total. The first kappa shape index (κ1) is 14.7. The number of hydrogen-bond acceptors (Lipinski definition) is 5. The second kappa shape index (κ2) is 5.85. The quantitative estimate of drug-likeness (QED) is 0.884. The van der Waals surface area contributed by atoms with Crippen LogP contribution in [0, 0.1) is 0 Å². The van der Waals surface area contributed by atoms with Crippen molar-refractivity contribution in [3.63, 3.8) is 0 Å². The fourth-order valence-electron chi connectivity index (χ4n) is 2.91. The Morgan fingerprint density at radius 1 is 1.23 bits per heavy atom. The third kappa shape index (κ3) is 2.72. The standard InChI is InChI=1S/C17H21N5/c1-2-3-9-17(19)14(12-7-5-4-6-8-12)10-13-11-20-16(18)21-15(13)22-17/h4-8,10-11,14H,2-3,9,19H2,1H3,(H2,18,21,22). The van der Waals surface area contributed by atoms with Crippen LogP contribution in [-0.2, 0) is 0 Å². The SMILES string of the molecule is CCCCC1(N)N=c2nc(N)ncc2=CC1c1ccccc1. The van der Waals surface area contributed by atoms with Crippen molar-refractivity contribution in [3.05, 3.63) is 52.8 Å². The van der Waals surface area contributed by atoms with Crippen molar-refractivity contribution in [1.82, 2.24) is 9.97 Å². The van der Waals surface area contributed by atoms with Crippen molar-refractivity contribution < 1.29 is 0 Å². The maximum atomic E-state index is 6.69. The van der Waals surface area contributed by atoms with E-state index in [9.17, 15) is 0 Å². The lowest BCUT2D eigenvalue weighted by molar-refractivity contribution is 0.355. The first-order valence-corrected chi connectivity index (χ1v) is 7.66. The number of nitrogens with two attached hydrogens (primary N) is 2. The molecule has 2 aromatic rings. The summed E-state index contributed by atoms with van der Waals surface area (Å²) in [5.41, 5.74) is 13.4. The van der Waals surface area contributed by atoms with E-state index in [1.807, 2.05) is 18.2 Å². The van der Waals surface area contributed by atoms with Gasteiger partial charge in [0.05, 0.1) is 0 Å². The smallest absolute Gasteiger partial charge is 0.222 e. The van der Waals surface area contributed by atoms with Gasteiger partial charge in [-0.1, -0.05) is 49.8 Å². The minimum absolute atomic E-state index is 0.0139. The number of benzene rings is 1. The van der Waals surface area contributed by atoms with E-state index < -0.39 is 5.66 Å². The number of nitrogens with zero attached hydrogens (tertiary/aromatic N) is 3. The van der Waals surface area contributed by atoms with Crippen LogP contribution in [-0.4, -0.2) is 15.6 Å². The molecule has 0 saturated carbocycles. The fraction of sp³-hybridized carbons (Fsp3) is 0.353. The molecule has 0 radical (unpaired) electrons. The van der Waals surface area contributed by atoms with Crippen LogP contribution in [0.25, 0.3) is 6.08 Å². The van der Waals surface area contributed by atoms with Crippen molar-refractivity contribution in [1.29, 1.82) is 0 Å². The van der Waals surface area contributed by atoms with Crippen LogP contribution in [0.1, 0.15) is 37.7 Å². The number of unbranched alkanes of at least 4 members (excludes halogenated alkanes) is 1. The Hall–Kier alpha value is -2.27. The number of nitrogen functional groups attached to an aromatic ring is 1. The summed E-state index contributed by atoms with van der Waals surface area (Å²) in [5.74, 6) is 0.242. The van der Waals surface area contributed by atoms with Crippen molar-refractivity contribution >= 4 is 12.0 Å². The summed E-state index contributed by atoms with van der Waals surface area (Å²) in [6.45, 7) is 2.15. The van der Waals surface area contributed by atoms with Gasteiger partial charge in [-0.15, -0.1) is 0 Å². The van der Waals surface area contributed by atoms with E-state index in [1.165, 1.54) is 0 Å². The Balaban J connectivity index is 2.15. The molecule has 2 heterocycles. The summed E-state index contributed by atoms with van der Waals surface area (Å²) in [6.07, 6.45) is 6.74. The van der Waals surface area contributed by atoms with Gasteiger partial charge in [-0.2, -0.15) is 4.98 Å². The maximum absolute atomic E-state index is 6.69. The molecule has 22 heavy (non-hydrogen) atoms. The predicted octanol–water partition coefficient (Wildman–Crippen LogP) is 1.10. The van der Waals surface area contributed by atoms with Crippen LogP contribution in [0.5, 0.6) is 0 Å². The van der Waals surface area contributed by atoms with Crippen molar-refractivity contribution in [2.45, 2.75) is 37.8 Å². The highest BCUT2D eigenvalue weighted by atomic mass is 15.1. The zero-order valence-corrected chi connectivity index (χ0v) is 12.7. The lowest BCUT2D eigenvalue weighted by Crippen LogP contribution is -2.51. The molecule has 1 aromatic carbocycles. The molecule has 2 atom stereocenters. The lowest BCUT2D eigenvalue weighted by Gasteiger charge is -2.34. The Bertz CT molecular complexity index is 771. The molecule has 114 valence electrons.